The van der Waals surface area contributed by atoms with Crippen molar-refractivity contribution < 1.29 is 0 Å². The van der Waals surface area contributed by atoms with Gasteiger partial charge in [-0.3, -0.25) is 0 Å². The number of nitrogens with one attached hydrogen (secondary N) is 1. The molecule has 0 atom stereocenters. The fourth-order valence-electron chi connectivity index (χ4n) is 2.38. The smallest absolute Gasteiger partial charge is 0.0948 e. The first kappa shape index (κ1) is 12.4. The molecule has 0 unspecified atom stereocenters. The molecule has 17 heavy (non-hydrogen) atoms. The Morgan fingerprint density at radius 3 is 3.12 bits per heavy atom. The Hall–Kier alpha value is -1.09. The molecule has 1 aromatic heterocycles. The van der Waals surface area contributed by atoms with Crippen molar-refractivity contribution in [3.05, 3.63) is 29.9 Å². The highest BCUT2D eigenvalue weighted by molar-refractivity contribution is 5.05. The van der Waals surface area contributed by atoms with Crippen LogP contribution in [0.2, 0.25) is 0 Å². The van der Waals surface area contributed by atoms with E-state index in [2.05, 4.69) is 27.9 Å². The number of imidazole rings is 1. The number of aryl methyl sites for hydroxylation is 1. The van der Waals surface area contributed by atoms with E-state index in [4.69, 9.17) is 0 Å². The van der Waals surface area contributed by atoms with Gasteiger partial charge in [-0.2, -0.15) is 0 Å². The molecule has 3 nitrogen and oxygen atoms in total. The molecule has 0 spiro atoms. The van der Waals surface area contributed by atoms with Crippen molar-refractivity contribution in [2.45, 2.75) is 52.1 Å². The number of aromatic nitrogens is 2. The zero-order valence-corrected chi connectivity index (χ0v) is 10.8. The van der Waals surface area contributed by atoms with E-state index in [0.717, 1.165) is 19.6 Å². The number of hydrogen-bond acceptors (Lipinski definition) is 2. The molecule has 94 valence electrons. The molecular weight excluding hydrogens is 210 g/mol. The standard InChI is InChI=1S/C14H23N3/c1-2-17-12-16-11-14(17)10-15-9-8-13-6-4-3-5-7-13/h6,11-12,15H,2-5,7-10H2,1H3. The van der Waals surface area contributed by atoms with Crippen LogP contribution in [0.15, 0.2) is 24.2 Å². The monoisotopic (exact) mass is 233 g/mol. The first-order valence-corrected chi connectivity index (χ1v) is 6.77. The lowest BCUT2D eigenvalue weighted by atomic mass is 9.97. The van der Waals surface area contributed by atoms with Crippen LogP contribution in [0.1, 0.15) is 44.7 Å². The van der Waals surface area contributed by atoms with Gasteiger partial charge in [0.2, 0.25) is 0 Å². The predicted molar refractivity (Wildman–Crippen MR) is 70.8 cm³/mol. The summed E-state index contributed by atoms with van der Waals surface area (Å²) in [6.45, 7) is 5.17. The van der Waals surface area contributed by atoms with Gasteiger partial charge in [0.1, 0.15) is 0 Å². The van der Waals surface area contributed by atoms with Crippen LogP contribution in [0.25, 0.3) is 0 Å². The van der Waals surface area contributed by atoms with E-state index in [1.54, 1.807) is 5.57 Å². The SMILES string of the molecule is CCn1cncc1CNCCC1=CCCCC1. The molecule has 0 aromatic carbocycles. The third kappa shape index (κ3) is 3.70. The van der Waals surface area contributed by atoms with E-state index < -0.39 is 0 Å². The molecule has 0 saturated heterocycles. The van der Waals surface area contributed by atoms with Crippen LogP contribution in [0, 0.1) is 0 Å². The Balaban J connectivity index is 1.67. The number of hydrogen-bond donors (Lipinski definition) is 1. The van der Waals surface area contributed by atoms with Crippen molar-refractivity contribution in [3.8, 4) is 0 Å². The van der Waals surface area contributed by atoms with Gasteiger partial charge in [-0.05, 0) is 45.6 Å². The molecule has 0 radical (unpaired) electrons. The topological polar surface area (TPSA) is 29.9 Å². The summed E-state index contributed by atoms with van der Waals surface area (Å²) in [6.07, 6.45) is 12.9. The van der Waals surface area contributed by atoms with Gasteiger partial charge >= 0.3 is 0 Å². The van der Waals surface area contributed by atoms with E-state index in [1.165, 1.54) is 37.8 Å². The highest BCUT2D eigenvalue weighted by atomic mass is 15.1. The number of rotatable bonds is 6. The van der Waals surface area contributed by atoms with E-state index in [9.17, 15) is 0 Å². The second-order valence-corrected chi connectivity index (χ2v) is 4.71. The van der Waals surface area contributed by atoms with Gasteiger partial charge in [0.25, 0.3) is 0 Å². The van der Waals surface area contributed by atoms with Crippen LogP contribution in [-0.2, 0) is 13.1 Å². The Morgan fingerprint density at radius 2 is 2.35 bits per heavy atom. The fraction of sp³-hybridized carbons (Fsp3) is 0.643. The lowest BCUT2D eigenvalue weighted by Crippen LogP contribution is -2.17. The first-order valence-electron chi connectivity index (χ1n) is 6.77. The van der Waals surface area contributed by atoms with Crippen LogP contribution in [-0.4, -0.2) is 16.1 Å². The third-order valence-corrected chi connectivity index (χ3v) is 3.45. The summed E-state index contributed by atoms with van der Waals surface area (Å²) in [6, 6.07) is 0. The largest absolute Gasteiger partial charge is 0.334 e. The fourth-order valence-corrected chi connectivity index (χ4v) is 2.38. The van der Waals surface area contributed by atoms with Crippen LogP contribution in [0.4, 0.5) is 0 Å². The minimum atomic E-state index is 0.932. The molecule has 1 N–H and O–H groups in total. The van der Waals surface area contributed by atoms with Gasteiger partial charge in [-0.1, -0.05) is 11.6 Å². The molecule has 2 rings (SSSR count). The normalized spacial score (nSPS) is 15.9. The molecule has 0 aliphatic heterocycles. The van der Waals surface area contributed by atoms with Crippen molar-refractivity contribution in [2.24, 2.45) is 0 Å². The van der Waals surface area contributed by atoms with Crippen molar-refractivity contribution >= 4 is 0 Å². The molecular formula is C14H23N3. The van der Waals surface area contributed by atoms with Crippen molar-refractivity contribution in [1.82, 2.24) is 14.9 Å². The summed E-state index contributed by atoms with van der Waals surface area (Å²) in [5.41, 5.74) is 2.93. The minimum Gasteiger partial charge on any atom is -0.334 e. The van der Waals surface area contributed by atoms with Crippen molar-refractivity contribution in [3.63, 3.8) is 0 Å². The van der Waals surface area contributed by atoms with Gasteiger partial charge in [-0.25, -0.2) is 4.98 Å². The van der Waals surface area contributed by atoms with Gasteiger partial charge < -0.3 is 9.88 Å². The molecule has 3 heteroatoms. The van der Waals surface area contributed by atoms with Gasteiger partial charge in [-0.15, -0.1) is 0 Å². The molecule has 0 saturated carbocycles. The van der Waals surface area contributed by atoms with Crippen molar-refractivity contribution in [2.75, 3.05) is 6.54 Å². The third-order valence-electron chi connectivity index (χ3n) is 3.45. The Kier molecular flexibility index (Phi) is 4.80. The molecule has 1 aliphatic carbocycles. The Labute approximate surface area is 104 Å². The summed E-state index contributed by atoms with van der Waals surface area (Å²) < 4.78 is 2.19. The second kappa shape index (κ2) is 6.60. The average molecular weight is 233 g/mol. The molecule has 0 bridgehead atoms. The van der Waals surface area contributed by atoms with Crippen LogP contribution in [0.3, 0.4) is 0 Å². The predicted octanol–water partition coefficient (Wildman–Crippen LogP) is 2.88. The highest BCUT2D eigenvalue weighted by Gasteiger charge is 2.03. The second-order valence-electron chi connectivity index (χ2n) is 4.71. The van der Waals surface area contributed by atoms with Crippen LogP contribution in [0.5, 0.6) is 0 Å². The summed E-state index contributed by atoms with van der Waals surface area (Å²) in [5.74, 6) is 0. The Morgan fingerprint density at radius 1 is 1.41 bits per heavy atom. The molecule has 0 fully saturated rings. The number of nitrogens with zero attached hydrogens (tertiary/aromatic N) is 2. The molecule has 1 aliphatic rings. The van der Waals surface area contributed by atoms with E-state index >= 15 is 0 Å². The van der Waals surface area contributed by atoms with E-state index in [0.29, 0.717) is 0 Å². The molecule has 1 heterocycles. The van der Waals surface area contributed by atoms with E-state index in [1.807, 2.05) is 12.5 Å². The summed E-state index contributed by atoms with van der Waals surface area (Å²) >= 11 is 0. The van der Waals surface area contributed by atoms with E-state index in [-0.39, 0.29) is 0 Å². The highest BCUT2D eigenvalue weighted by Crippen LogP contribution is 2.19. The lowest BCUT2D eigenvalue weighted by molar-refractivity contribution is 0.606. The first-order chi connectivity index (χ1) is 8.40. The van der Waals surface area contributed by atoms with Crippen molar-refractivity contribution in [1.29, 1.82) is 0 Å². The maximum Gasteiger partial charge on any atom is 0.0948 e. The van der Waals surface area contributed by atoms with Gasteiger partial charge in [0.15, 0.2) is 0 Å². The maximum absolute atomic E-state index is 4.17. The quantitative estimate of drug-likeness (QED) is 0.605. The lowest BCUT2D eigenvalue weighted by Gasteiger charge is -2.13. The van der Waals surface area contributed by atoms with Gasteiger partial charge in [0, 0.05) is 19.3 Å². The summed E-state index contributed by atoms with van der Waals surface area (Å²) in [5, 5.41) is 3.51. The van der Waals surface area contributed by atoms with Crippen LogP contribution < -0.4 is 5.32 Å². The number of allylic oxidation sites excluding steroid dienone is 1. The van der Waals surface area contributed by atoms with Gasteiger partial charge in [0.05, 0.1) is 12.0 Å². The Bertz CT molecular complexity index is 365. The zero-order valence-electron chi connectivity index (χ0n) is 10.8. The molecule has 0 amide bonds. The molecule has 1 aromatic rings. The zero-order chi connectivity index (χ0) is 11.9. The summed E-state index contributed by atoms with van der Waals surface area (Å²) in [4.78, 5) is 4.17. The average Bonchev–Trinajstić information content (AvgIpc) is 2.83. The van der Waals surface area contributed by atoms with Crippen LogP contribution >= 0.6 is 0 Å². The maximum atomic E-state index is 4.17. The summed E-state index contributed by atoms with van der Waals surface area (Å²) in [7, 11) is 0. The minimum absolute atomic E-state index is 0.932.